The van der Waals surface area contributed by atoms with E-state index in [2.05, 4.69) is 29.6 Å². The molecule has 1 aromatic rings. The molecule has 0 bridgehead atoms. The van der Waals surface area contributed by atoms with Crippen LogP contribution in [0.15, 0.2) is 30.3 Å². The quantitative estimate of drug-likeness (QED) is 0.868. The van der Waals surface area contributed by atoms with E-state index < -0.39 is 0 Å². The van der Waals surface area contributed by atoms with E-state index in [9.17, 15) is 4.79 Å². The first-order valence-corrected chi connectivity index (χ1v) is 6.80. The van der Waals surface area contributed by atoms with Crippen LogP contribution < -0.4 is 5.32 Å². The van der Waals surface area contributed by atoms with E-state index in [1.807, 2.05) is 26.8 Å². The molecule has 1 N–H and O–H groups in total. The minimum absolute atomic E-state index is 0.112. The number of hydrogen-bond acceptors (Lipinski definition) is 2. The molecule has 0 amide bonds. The van der Waals surface area contributed by atoms with Gasteiger partial charge in [-0.15, -0.1) is 0 Å². The Morgan fingerprint density at radius 3 is 2.50 bits per heavy atom. The van der Waals surface area contributed by atoms with Crippen LogP contribution in [0.4, 0.5) is 0 Å². The summed E-state index contributed by atoms with van der Waals surface area (Å²) in [6.07, 6.45) is 1.05. The van der Waals surface area contributed by atoms with Crippen LogP contribution in [0, 0.1) is 11.3 Å². The van der Waals surface area contributed by atoms with E-state index in [-0.39, 0.29) is 11.3 Å². The maximum atomic E-state index is 12.6. The van der Waals surface area contributed by atoms with E-state index in [1.54, 1.807) is 0 Å². The Kier molecular flexibility index (Phi) is 3.86. The fourth-order valence-corrected chi connectivity index (χ4v) is 2.79. The van der Waals surface area contributed by atoms with Gasteiger partial charge >= 0.3 is 0 Å². The molecule has 2 rings (SSSR count). The number of rotatable bonds is 2. The molecule has 0 spiro atoms. The largest absolute Gasteiger partial charge is 0.316 e. The summed E-state index contributed by atoms with van der Waals surface area (Å²) in [5, 5.41) is 3.37. The third kappa shape index (κ3) is 2.81. The molecule has 1 heterocycles. The monoisotopic (exact) mass is 245 g/mol. The Morgan fingerprint density at radius 1 is 1.22 bits per heavy atom. The zero-order valence-corrected chi connectivity index (χ0v) is 11.6. The lowest BCUT2D eigenvalue weighted by molar-refractivity contribution is -0.131. The average Bonchev–Trinajstić information content (AvgIpc) is 2.38. The SMILES string of the molecule is CC(C)(C)C(=O)[C@H]1CNCC[C@@H]1c1ccccc1. The predicted octanol–water partition coefficient (Wildman–Crippen LogP) is 2.99. The van der Waals surface area contributed by atoms with Crippen molar-refractivity contribution < 1.29 is 4.79 Å². The molecule has 1 aliphatic heterocycles. The molecule has 2 heteroatoms. The highest BCUT2D eigenvalue weighted by Crippen LogP contribution is 2.35. The second-order valence-corrected chi connectivity index (χ2v) is 6.23. The average molecular weight is 245 g/mol. The van der Waals surface area contributed by atoms with Crippen LogP contribution in [0.2, 0.25) is 0 Å². The highest BCUT2D eigenvalue weighted by atomic mass is 16.1. The Bertz CT molecular complexity index is 405. The van der Waals surface area contributed by atoms with Crippen LogP contribution in [-0.2, 0) is 4.79 Å². The van der Waals surface area contributed by atoms with Gasteiger partial charge in [-0.05, 0) is 24.4 Å². The van der Waals surface area contributed by atoms with E-state index in [4.69, 9.17) is 0 Å². The lowest BCUT2D eigenvalue weighted by Gasteiger charge is -2.35. The van der Waals surface area contributed by atoms with Crippen molar-refractivity contribution in [3.8, 4) is 0 Å². The molecule has 0 radical (unpaired) electrons. The molecule has 0 aliphatic carbocycles. The van der Waals surface area contributed by atoms with E-state index in [0.717, 1.165) is 19.5 Å². The van der Waals surface area contributed by atoms with Crippen molar-refractivity contribution in [1.29, 1.82) is 0 Å². The van der Waals surface area contributed by atoms with Crippen molar-refractivity contribution in [3.05, 3.63) is 35.9 Å². The number of ketones is 1. The first-order chi connectivity index (χ1) is 8.50. The maximum absolute atomic E-state index is 12.6. The minimum atomic E-state index is -0.253. The first kappa shape index (κ1) is 13.3. The molecule has 98 valence electrons. The number of benzene rings is 1. The van der Waals surface area contributed by atoms with Crippen molar-refractivity contribution in [2.24, 2.45) is 11.3 Å². The van der Waals surface area contributed by atoms with Crippen LogP contribution in [0.3, 0.4) is 0 Å². The number of nitrogens with one attached hydrogen (secondary N) is 1. The van der Waals surface area contributed by atoms with Crippen molar-refractivity contribution in [2.45, 2.75) is 33.1 Å². The summed E-state index contributed by atoms with van der Waals surface area (Å²) in [7, 11) is 0. The first-order valence-electron chi connectivity index (χ1n) is 6.80. The molecular formula is C16H23NO. The Balaban J connectivity index is 2.24. The van der Waals surface area contributed by atoms with Gasteiger partial charge in [0.25, 0.3) is 0 Å². The predicted molar refractivity (Wildman–Crippen MR) is 74.6 cm³/mol. The molecule has 2 nitrogen and oxygen atoms in total. The van der Waals surface area contributed by atoms with Gasteiger partial charge < -0.3 is 5.32 Å². The van der Waals surface area contributed by atoms with Crippen molar-refractivity contribution in [1.82, 2.24) is 5.32 Å². The number of carbonyl (C=O) groups is 1. The molecule has 1 aliphatic rings. The molecular weight excluding hydrogens is 222 g/mol. The normalized spacial score (nSPS) is 24.8. The van der Waals surface area contributed by atoms with Gasteiger partial charge in [0.05, 0.1) is 0 Å². The number of hydrogen-bond donors (Lipinski definition) is 1. The van der Waals surface area contributed by atoms with Gasteiger partial charge in [-0.25, -0.2) is 0 Å². The highest BCUT2D eigenvalue weighted by molar-refractivity contribution is 5.87. The van der Waals surface area contributed by atoms with Crippen LogP contribution in [0.1, 0.15) is 38.7 Å². The van der Waals surface area contributed by atoms with E-state index in [0.29, 0.717) is 11.7 Å². The van der Waals surface area contributed by atoms with Crippen molar-refractivity contribution in [3.63, 3.8) is 0 Å². The molecule has 1 fully saturated rings. The van der Waals surface area contributed by atoms with Crippen molar-refractivity contribution >= 4 is 5.78 Å². The Morgan fingerprint density at radius 2 is 1.89 bits per heavy atom. The summed E-state index contributed by atoms with van der Waals surface area (Å²) in [6.45, 7) is 7.88. The zero-order chi connectivity index (χ0) is 13.2. The molecule has 2 atom stereocenters. The lowest BCUT2D eigenvalue weighted by Crippen LogP contribution is -2.43. The fraction of sp³-hybridized carbons (Fsp3) is 0.562. The van der Waals surface area contributed by atoms with Crippen molar-refractivity contribution in [2.75, 3.05) is 13.1 Å². The molecule has 0 aromatic heterocycles. The Labute approximate surface area is 110 Å². The van der Waals surface area contributed by atoms with Gasteiger partial charge in [-0.1, -0.05) is 51.1 Å². The van der Waals surface area contributed by atoms with Gasteiger partial charge in [0.2, 0.25) is 0 Å². The number of piperidine rings is 1. The van der Waals surface area contributed by atoms with Crippen LogP contribution >= 0.6 is 0 Å². The summed E-state index contributed by atoms with van der Waals surface area (Å²) >= 11 is 0. The topological polar surface area (TPSA) is 29.1 Å². The van der Waals surface area contributed by atoms with Crippen LogP contribution in [0.5, 0.6) is 0 Å². The molecule has 0 unspecified atom stereocenters. The Hall–Kier alpha value is -1.15. The number of Topliss-reactive ketones (excluding diaryl/α,β-unsaturated/α-hetero) is 1. The molecule has 18 heavy (non-hydrogen) atoms. The second kappa shape index (κ2) is 5.23. The number of carbonyl (C=O) groups excluding carboxylic acids is 1. The smallest absolute Gasteiger partial charge is 0.143 e. The van der Waals surface area contributed by atoms with E-state index in [1.165, 1.54) is 5.56 Å². The summed E-state index contributed by atoms with van der Waals surface area (Å²) in [5.74, 6) is 0.865. The zero-order valence-electron chi connectivity index (χ0n) is 11.6. The fourth-order valence-electron chi connectivity index (χ4n) is 2.79. The molecule has 1 aromatic carbocycles. The van der Waals surface area contributed by atoms with Crippen LogP contribution in [-0.4, -0.2) is 18.9 Å². The lowest BCUT2D eigenvalue weighted by atomic mass is 9.72. The minimum Gasteiger partial charge on any atom is -0.316 e. The second-order valence-electron chi connectivity index (χ2n) is 6.23. The van der Waals surface area contributed by atoms with Gasteiger partial charge in [0, 0.05) is 17.9 Å². The van der Waals surface area contributed by atoms with Gasteiger partial charge in [0.15, 0.2) is 0 Å². The summed E-state index contributed by atoms with van der Waals surface area (Å²) in [4.78, 5) is 12.6. The molecule has 0 saturated carbocycles. The highest BCUT2D eigenvalue weighted by Gasteiger charge is 2.36. The summed E-state index contributed by atoms with van der Waals surface area (Å²) in [6, 6.07) is 10.5. The third-order valence-corrected chi connectivity index (χ3v) is 3.79. The van der Waals surface area contributed by atoms with Crippen LogP contribution in [0.25, 0.3) is 0 Å². The summed E-state index contributed by atoms with van der Waals surface area (Å²) < 4.78 is 0. The molecule has 1 saturated heterocycles. The van der Waals surface area contributed by atoms with Gasteiger partial charge in [0.1, 0.15) is 5.78 Å². The third-order valence-electron chi connectivity index (χ3n) is 3.79. The van der Waals surface area contributed by atoms with Gasteiger partial charge in [-0.2, -0.15) is 0 Å². The maximum Gasteiger partial charge on any atom is 0.143 e. The summed E-state index contributed by atoms with van der Waals surface area (Å²) in [5.41, 5.74) is 1.05. The van der Waals surface area contributed by atoms with E-state index >= 15 is 0 Å². The van der Waals surface area contributed by atoms with Gasteiger partial charge in [-0.3, -0.25) is 4.79 Å². The standard InChI is InChI=1S/C16H23NO/c1-16(2,3)15(18)14-11-17-10-9-13(14)12-7-5-4-6-8-12/h4-8,13-14,17H,9-11H2,1-3H3/t13-,14+/m1/s1.